The Kier molecular flexibility index (Phi) is 3.28. The minimum Gasteiger partial charge on any atom is -0.506 e. The summed E-state index contributed by atoms with van der Waals surface area (Å²) < 4.78 is 8.94. The smallest absolute Gasteiger partial charge is 0.506 e. The summed E-state index contributed by atoms with van der Waals surface area (Å²) in [5.41, 5.74) is 1.14. The lowest BCUT2D eigenvalue weighted by atomic mass is 10.2. The lowest BCUT2D eigenvalue weighted by Crippen LogP contribution is -2.04. The molecular weight excluding hydrogens is 186 g/mol. The molecule has 0 bridgehead atoms. The first-order chi connectivity index (χ1) is 6.63. The standard InChI is InChI=1S/C9H11NO4/c1-6-8(11)3-7(4-10-6)5-14-9(12)13-2/h3-4,11H,5H2,1-2H3. The molecule has 0 amide bonds. The second kappa shape index (κ2) is 4.45. The van der Waals surface area contributed by atoms with E-state index in [1.807, 2.05) is 0 Å². The van der Waals surface area contributed by atoms with Gasteiger partial charge in [-0.1, -0.05) is 0 Å². The number of rotatable bonds is 2. The van der Waals surface area contributed by atoms with E-state index in [2.05, 4.69) is 14.5 Å². The maximum atomic E-state index is 10.6. The molecule has 76 valence electrons. The normalized spacial score (nSPS) is 9.57. The van der Waals surface area contributed by atoms with E-state index in [0.717, 1.165) is 0 Å². The molecule has 0 fully saturated rings. The Balaban J connectivity index is 2.60. The van der Waals surface area contributed by atoms with E-state index in [1.54, 1.807) is 6.92 Å². The van der Waals surface area contributed by atoms with E-state index in [1.165, 1.54) is 19.4 Å². The molecule has 1 aromatic rings. The highest BCUT2D eigenvalue weighted by atomic mass is 16.7. The van der Waals surface area contributed by atoms with Gasteiger partial charge in [-0.3, -0.25) is 4.98 Å². The number of aromatic hydroxyl groups is 1. The lowest BCUT2D eigenvalue weighted by molar-refractivity contribution is 0.0667. The van der Waals surface area contributed by atoms with Crippen LogP contribution in [0.3, 0.4) is 0 Å². The Labute approximate surface area is 81.3 Å². The summed E-state index contributed by atoms with van der Waals surface area (Å²) >= 11 is 0. The summed E-state index contributed by atoms with van der Waals surface area (Å²) in [7, 11) is 1.23. The van der Waals surface area contributed by atoms with Crippen LogP contribution in [0.4, 0.5) is 4.79 Å². The molecule has 0 aliphatic carbocycles. The molecule has 1 aromatic heterocycles. The van der Waals surface area contributed by atoms with Crippen molar-refractivity contribution in [2.75, 3.05) is 7.11 Å². The summed E-state index contributed by atoms with van der Waals surface area (Å²) in [6.07, 6.45) is 0.767. The highest BCUT2D eigenvalue weighted by molar-refractivity contribution is 5.59. The van der Waals surface area contributed by atoms with Gasteiger partial charge in [-0.2, -0.15) is 0 Å². The van der Waals surface area contributed by atoms with Crippen LogP contribution in [0.5, 0.6) is 5.75 Å². The lowest BCUT2D eigenvalue weighted by Gasteiger charge is -2.04. The first-order valence-corrected chi connectivity index (χ1v) is 3.98. The average molecular weight is 197 g/mol. The van der Waals surface area contributed by atoms with Gasteiger partial charge < -0.3 is 14.6 Å². The Morgan fingerprint density at radius 3 is 2.93 bits per heavy atom. The van der Waals surface area contributed by atoms with Crippen molar-refractivity contribution in [2.45, 2.75) is 13.5 Å². The van der Waals surface area contributed by atoms with Crippen LogP contribution < -0.4 is 0 Å². The zero-order valence-electron chi connectivity index (χ0n) is 7.98. The zero-order chi connectivity index (χ0) is 10.6. The highest BCUT2D eigenvalue weighted by Gasteiger charge is 2.03. The number of hydrogen-bond acceptors (Lipinski definition) is 5. The largest absolute Gasteiger partial charge is 0.508 e. The number of carbonyl (C=O) groups is 1. The van der Waals surface area contributed by atoms with Crippen molar-refractivity contribution in [3.05, 3.63) is 23.5 Å². The molecule has 0 unspecified atom stereocenters. The van der Waals surface area contributed by atoms with E-state index in [0.29, 0.717) is 11.3 Å². The first kappa shape index (κ1) is 10.3. The second-order valence-corrected chi connectivity index (χ2v) is 2.69. The van der Waals surface area contributed by atoms with Crippen LogP contribution in [0.1, 0.15) is 11.3 Å². The highest BCUT2D eigenvalue weighted by Crippen LogP contribution is 2.15. The van der Waals surface area contributed by atoms with Gasteiger partial charge >= 0.3 is 6.16 Å². The maximum Gasteiger partial charge on any atom is 0.508 e. The molecule has 1 N–H and O–H groups in total. The summed E-state index contributed by atoms with van der Waals surface area (Å²) in [6.45, 7) is 1.72. The predicted molar refractivity (Wildman–Crippen MR) is 47.8 cm³/mol. The topological polar surface area (TPSA) is 68.7 Å². The summed E-state index contributed by atoms with van der Waals surface area (Å²) in [5.74, 6) is 0.0796. The van der Waals surface area contributed by atoms with Crippen molar-refractivity contribution in [2.24, 2.45) is 0 Å². The molecule has 5 nitrogen and oxygen atoms in total. The van der Waals surface area contributed by atoms with Gasteiger partial charge in [-0.15, -0.1) is 0 Å². The molecule has 14 heavy (non-hydrogen) atoms. The van der Waals surface area contributed by atoms with Crippen LogP contribution in [0.15, 0.2) is 12.3 Å². The molecule has 0 radical (unpaired) electrons. The summed E-state index contributed by atoms with van der Waals surface area (Å²) in [5, 5.41) is 9.29. The van der Waals surface area contributed by atoms with Crippen molar-refractivity contribution >= 4 is 6.16 Å². The van der Waals surface area contributed by atoms with Gasteiger partial charge in [-0.05, 0) is 13.0 Å². The van der Waals surface area contributed by atoms with E-state index in [-0.39, 0.29) is 12.4 Å². The number of aryl methyl sites for hydroxylation is 1. The van der Waals surface area contributed by atoms with Crippen molar-refractivity contribution in [1.82, 2.24) is 4.98 Å². The van der Waals surface area contributed by atoms with Crippen molar-refractivity contribution in [3.8, 4) is 5.75 Å². The van der Waals surface area contributed by atoms with Crippen LogP contribution >= 0.6 is 0 Å². The van der Waals surface area contributed by atoms with Gasteiger partial charge in [0, 0.05) is 11.8 Å². The van der Waals surface area contributed by atoms with Crippen molar-refractivity contribution in [1.29, 1.82) is 0 Å². The van der Waals surface area contributed by atoms with E-state index < -0.39 is 6.16 Å². The number of hydrogen-bond donors (Lipinski definition) is 1. The minimum absolute atomic E-state index is 0.0352. The van der Waals surface area contributed by atoms with Gasteiger partial charge in [0.25, 0.3) is 0 Å². The monoisotopic (exact) mass is 197 g/mol. The van der Waals surface area contributed by atoms with Crippen LogP contribution in [0, 0.1) is 6.92 Å². The number of pyridine rings is 1. The van der Waals surface area contributed by atoms with Gasteiger partial charge in [0.15, 0.2) is 0 Å². The molecule has 5 heteroatoms. The van der Waals surface area contributed by atoms with E-state index in [4.69, 9.17) is 0 Å². The molecule has 1 rings (SSSR count). The molecule has 0 aromatic carbocycles. The van der Waals surface area contributed by atoms with Crippen LogP contribution in [-0.2, 0) is 16.1 Å². The zero-order valence-corrected chi connectivity index (χ0v) is 7.98. The van der Waals surface area contributed by atoms with Gasteiger partial charge in [-0.25, -0.2) is 4.79 Å². The predicted octanol–water partition coefficient (Wildman–Crippen LogP) is 1.38. The number of carbonyl (C=O) groups excluding carboxylic acids is 1. The molecule has 0 saturated heterocycles. The number of nitrogens with zero attached hydrogens (tertiary/aromatic N) is 1. The number of methoxy groups -OCH3 is 1. The summed E-state index contributed by atoms with van der Waals surface area (Å²) in [4.78, 5) is 14.5. The second-order valence-electron chi connectivity index (χ2n) is 2.69. The molecule has 0 aliphatic rings. The quantitative estimate of drug-likeness (QED) is 0.725. The van der Waals surface area contributed by atoms with Gasteiger partial charge in [0.05, 0.1) is 12.8 Å². The van der Waals surface area contributed by atoms with E-state index in [9.17, 15) is 9.90 Å². The van der Waals surface area contributed by atoms with Crippen LogP contribution in [0.25, 0.3) is 0 Å². The Bertz CT molecular complexity index is 338. The Morgan fingerprint density at radius 2 is 2.36 bits per heavy atom. The van der Waals surface area contributed by atoms with Crippen LogP contribution in [-0.4, -0.2) is 23.4 Å². The van der Waals surface area contributed by atoms with Gasteiger partial charge in [0.2, 0.25) is 0 Å². The van der Waals surface area contributed by atoms with Crippen molar-refractivity contribution < 1.29 is 19.4 Å². The van der Waals surface area contributed by atoms with Crippen LogP contribution in [0.2, 0.25) is 0 Å². The fourth-order valence-corrected chi connectivity index (χ4v) is 0.843. The summed E-state index contributed by atoms with van der Waals surface area (Å²) in [6, 6.07) is 1.49. The maximum absolute atomic E-state index is 10.6. The fourth-order valence-electron chi connectivity index (χ4n) is 0.843. The molecular formula is C9H11NO4. The number of ether oxygens (including phenoxy) is 2. The third kappa shape index (κ3) is 2.62. The Hall–Kier alpha value is -1.78. The molecule has 0 atom stereocenters. The number of aromatic nitrogens is 1. The molecule has 0 aliphatic heterocycles. The van der Waals surface area contributed by atoms with Crippen molar-refractivity contribution in [3.63, 3.8) is 0 Å². The third-order valence-corrected chi connectivity index (χ3v) is 1.64. The molecule has 0 spiro atoms. The fraction of sp³-hybridized carbons (Fsp3) is 0.333. The minimum atomic E-state index is -0.759. The average Bonchev–Trinajstić information content (AvgIpc) is 2.19. The van der Waals surface area contributed by atoms with Gasteiger partial charge in [0.1, 0.15) is 12.4 Å². The van der Waals surface area contributed by atoms with E-state index >= 15 is 0 Å². The third-order valence-electron chi connectivity index (χ3n) is 1.64. The first-order valence-electron chi connectivity index (χ1n) is 3.98. The molecule has 1 heterocycles. The Morgan fingerprint density at radius 1 is 1.64 bits per heavy atom. The molecule has 0 saturated carbocycles. The SMILES string of the molecule is COC(=O)OCc1cnc(C)c(O)c1.